The van der Waals surface area contributed by atoms with Crippen LogP contribution < -0.4 is 0 Å². The van der Waals surface area contributed by atoms with Crippen LogP contribution in [0.4, 0.5) is 0 Å². The van der Waals surface area contributed by atoms with Gasteiger partial charge >= 0.3 is 0 Å². The number of hydrogen-bond acceptors (Lipinski definition) is 2. The molecule has 0 aliphatic heterocycles. The Balaban J connectivity index is 3.29. The molecule has 0 amide bonds. The minimum absolute atomic E-state index is 0.966. The fourth-order valence-electron chi connectivity index (χ4n) is 0.220. The van der Waals surface area contributed by atoms with Gasteiger partial charge in [-0.2, -0.15) is 0 Å². The summed E-state index contributed by atoms with van der Waals surface area (Å²) in [5.41, 5.74) is 1.03. The highest BCUT2D eigenvalue weighted by Crippen LogP contribution is 1.81. The second-order valence-electron chi connectivity index (χ2n) is 1.36. The third-order valence-electron chi connectivity index (χ3n) is 0.759. The summed E-state index contributed by atoms with van der Waals surface area (Å²) in [6.07, 6.45) is 0.966. The van der Waals surface area contributed by atoms with E-state index in [1.54, 1.807) is 7.11 Å². The van der Waals surface area contributed by atoms with Gasteiger partial charge < -0.3 is 4.84 Å². The SMILES string of the molecule is CC/C(C)=N/OC. The molecule has 0 saturated heterocycles. The third kappa shape index (κ3) is 3.30. The van der Waals surface area contributed by atoms with Gasteiger partial charge in [-0.25, -0.2) is 0 Å². The Morgan fingerprint density at radius 2 is 2.29 bits per heavy atom. The van der Waals surface area contributed by atoms with Gasteiger partial charge in [0.2, 0.25) is 0 Å². The average Bonchev–Trinajstić information content (AvgIpc) is 1.68. The van der Waals surface area contributed by atoms with E-state index in [0.717, 1.165) is 12.1 Å². The Kier molecular flexibility index (Phi) is 3.38. The van der Waals surface area contributed by atoms with E-state index < -0.39 is 0 Å². The van der Waals surface area contributed by atoms with Crippen molar-refractivity contribution in [3.63, 3.8) is 0 Å². The zero-order valence-electron chi connectivity index (χ0n) is 5.06. The molecule has 2 heteroatoms. The van der Waals surface area contributed by atoms with Crippen LogP contribution >= 0.6 is 0 Å². The van der Waals surface area contributed by atoms with E-state index in [9.17, 15) is 0 Å². The molecule has 0 unspecified atom stereocenters. The Morgan fingerprint density at radius 1 is 1.71 bits per heavy atom. The van der Waals surface area contributed by atoms with Crippen LogP contribution in [0.3, 0.4) is 0 Å². The molecule has 0 fully saturated rings. The van der Waals surface area contributed by atoms with Gasteiger partial charge in [-0.1, -0.05) is 12.1 Å². The van der Waals surface area contributed by atoms with Gasteiger partial charge in [-0.3, -0.25) is 0 Å². The van der Waals surface area contributed by atoms with Crippen molar-refractivity contribution in [3.8, 4) is 0 Å². The summed E-state index contributed by atoms with van der Waals surface area (Å²) in [5, 5.41) is 3.66. The average molecular weight is 101 g/mol. The van der Waals surface area contributed by atoms with Gasteiger partial charge in [0.25, 0.3) is 0 Å². The van der Waals surface area contributed by atoms with Crippen LogP contribution in [-0.2, 0) is 4.84 Å². The van der Waals surface area contributed by atoms with E-state index in [1.807, 2.05) is 13.8 Å². The lowest BCUT2D eigenvalue weighted by Gasteiger charge is -1.88. The van der Waals surface area contributed by atoms with E-state index >= 15 is 0 Å². The van der Waals surface area contributed by atoms with Crippen molar-refractivity contribution in [1.29, 1.82) is 0 Å². The first-order valence-electron chi connectivity index (χ1n) is 2.38. The first kappa shape index (κ1) is 6.47. The van der Waals surface area contributed by atoms with Crippen LogP contribution in [0.5, 0.6) is 0 Å². The molecule has 0 aliphatic carbocycles. The zero-order chi connectivity index (χ0) is 5.70. The molecule has 0 aromatic carbocycles. The van der Waals surface area contributed by atoms with Gasteiger partial charge in [0, 0.05) is 0 Å². The molecular weight excluding hydrogens is 90.1 g/mol. The van der Waals surface area contributed by atoms with Crippen molar-refractivity contribution in [2.45, 2.75) is 20.3 Å². The molecule has 0 radical (unpaired) electrons. The first-order chi connectivity index (χ1) is 3.31. The Morgan fingerprint density at radius 3 is 2.43 bits per heavy atom. The van der Waals surface area contributed by atoms with E-state index in [1.165, 1.54) is 0 Å². The summed E-state index contributed by atoms with van der Waals surface area (Å²) in [6, 6.07) is 0. The maximum absolute atomic E-state index is 4.48. The van der Waals surface area contributed by atoms with Crippen molar-refractivity contribution in [2.75, 3.05) is 7.11 Å². The highest BCUT2D eigenvalue weighted by Gasteiger charge is 1.79. The predicted molar refractivity (Wildman–Crippen MR) is 30.4 cm³/mol. The van der Waals surface area contributed by atoms with E-state index in [-0.39, 0.29) is 0 Å². The lowest BCUT2D eigenvalue weighted by molar-refractivity contribution is 0.212. The van der Waals surface area contributed by atoms with Crippen molar-refractivity contribution in [1.82, 2.24) is 0 Å². The van der Waals surface area contributed by atoms with Gasteiger partial charge in [-0.15, -0.1) is 0 Å². The topological polar surface area (TPSA) is 21.6 Å². The summed E-state index contributed by atoms with van der Waals surface area (Å²) < 4.78 is 0. The Labute approximate surface area is 44.2 Å². The van der Waals surface area contributed by atoms with Crippen LogP contribution in [0.25, 0.3) is 0 Å². The molecule has 0 aromatic rings. The number of oxime groups is 1. The minimum atomic E-state index is 0.966. The highest BCUT2D eigenvalue weighted by molar-refractivity contribution is 5.80. The molecule has 0 atom stereocenters. The third-order valence-corrected chi connectivity index (χ3v) is 0.759. The molecule has 42 valence electrons. The van der Waals surface area contributed by atoms with Crippen molar-refractivity contribution >= 4 is 5.71 Å². The minimum Gasteiger partial charge on any atom is -0.399 e. The van der Waals surface area contributed by atoms with Gasteiger partial charge in [-0.05, 0) is 13.3 Å². The van der Waals surface area contributed by atoms with Gasteiger partial charge in [0.15, 0.2) is 0 Å². The van der Waals surface area contributed by atoms with Crippen LogP contribution in [0, 0.1) is 0 Å². The standard InChI is InChI=1S/C5H11NO/c1-4-5(2)6-7-3/h4H2,1-3H3/b6-5+. The summed E-state index contributed by atoms with van der Waals surface area (Å²) in [6.45, 7) is 3.97. The predicted octanol–water partition coefficient (Wildman–Crippen LogP) is 1.42. The second kappa shape index (κ2) is 3.65. The maximum atomic E-state index is 4.48. The van der Waals surface area contributed by atoms with Crippen LogP contribution in [0.1, 0.15) is 20.3 Å². The molecule has 0 heterocycles. The lowest BCUT2D eigenvalue weighted by Crippen LogP contribution is -1.86. The largest absolute Gasteiger partial charge is 0.399 e. The summed E-state index contributed by atoms with van der Waals surface area (Å²) in [7, 11) is 1.55. The van der Waals surface area contributed by atoms with Gasteiger partial charge in [0.1, 0.15) is 7.11 Å². The van der Waals surface area contributed by atoms with Crippen molar-refractivity contribution < 1.29 is 4.84 Å². The van der Waals surface area contributed by atoms with Gasteiger partial charge in [0.05, 0.1) is 5.71 Å². The molecule has 2 nitrogen and oxygen atoms in total. The number of rotatable bonds is 2. The van der Waals surface area contributed by atoms with Crippen molar-refractivity contribution in [3.05, 3.63) is 0 Å². The van der Waals surface area contributed by atoms with Crippen LogP contribution in [0.15, 0.2) is 5.16 Å². The van der Waals surface area contributed by atoms with E-state index in [2.05, 4.69) is 9.99 Å². The molecule has 0 N–H and O–H groups in total. The molecule has 0 rings (SSSR count). The Hall–Kier alpha value is -0.530. The fraction of sp³-hybridized carbons (Fsp3) is 0.800. The first-order valence-corrected chi connectivity index (χ1v) is 2.38. The van der Waals surface area contributed by atoms with E-state index in [0.29, 0.717) is 0 Å². The molecule has 7 heavy (non-hydrogen) atoms. The monoisotopic (exact) mass is 101 g/mol. The summed E-state index contributed by atoms with van der Waals surface area (Å²) in [4.78, 5) is 4.48. The quantitative estimate of drug-likeness (QED) is 0.380. The highest BCUT2D eigenvalue weighted by atomic mass is 16.6. The number of nitrogens with zero attached hydrogens (tertiary/aromatic N) is 1. The molecule has 0 bridgehead atoms. The number of hydrogen-bond donors (Lipinski definition) is 0. The molecule has 0 spiro atoms. The molecule has 0 aliphatic rings. The summed E-state index contributed by atoms with van der Waals surface area (Å²) in [5.74, 6) is 0. The van der Waals surface area contributed by atoms with Crippen LogP contribution in [-0.4, -0.2) is 12.8 Å². The van der Waals surface area contributed by atoms with Crippen molar-refractivity contribution in [2.24, 2.45) is 5.16 Å². The zero-order valence-corrected chi connectivity index (χ0v) is 5.06. The Bertz CT molecular complexity index is 68.5. The van der Waals surface area contributed by atoms with E-state index in [4.69, 9.17) is 0 Å². The lowest BCUT2D eigenvalue weighted by atomic mass is 10.3. The fourth-order valence-corrected chi connectivity index (χ4v) is 0.220. The normalized spacial score (nSPS) is 11.6. The summed E-state index contributed by atoms with van der Waals surface area (Å²) >= 11 is 0. The molecule has 0 aromatic heterocycles. The molecular formula is C5H11NO. The van der Waals surface area contributed by atoms with Crippen LogP contribution in [0.2, 0.25) is 0 Å². The second-order valence-corrected chi connectivity index (χ2v) is 1.36. The maximum Gasteiger partial charge on any atom is 0.106 e. The smallest absolute Gasteiger partial charge is 0.106 e. The molecule has 0 saturated carbocycles.